The zero-order valence-electron chi connectivity index (χ0n) is 22.4. The van der Waals surface area contributed by atoms with Crippen LogP contribution < -0.4 is 19.8 Å². The van der Waals surface area contributed by atoms with Crippen LogP contribution in [0.3, 0.4) is 0 Å². The zero-order chi connectivity index (χ0) is 29.3. The van der Waals surface area contributed by atoms with E-state index in [1.54, 1.807) is 42.5 Å². The minimum Gasteiger partial charge on any atom is -0.497 e. The molecule has 1 unspecified atom stereocenters. The standard InChI is InChI=1S/C29H26ClFN4O6/c1-39-19-7-4-6-16(12-19)26-33-27(36)23(29(38)35(26)25-21(40-2)8-5-9-22(25)41-3)28(37)34-11-10-17(15-34)24-20(31)13-18(30)14-32-24/h4-9,12-14,17,36H,10-11,15H2,1-3H3. The average Bonchev–Trinajstić information content (AvgIpc) is 3.46. The van der Waals surface area contributed by atoms with Crippen LogP contribution in [0.4, 0.5) is 4.39 Å². The van der Waals surface area contributed by atoms with Crippen molar-refractivity contribution in [1.29, 1.82) is 0 Å². The van der Waals surface area contributed by atoms with Crippen molar-refractivity contribution >= 4 is 17.5 Å². The van der Waals surface area contributed by atoms with Gasteiger partial charge in [0.25, 0.3) is 11.5 Å². The van der Waals surface area contributed by atoms with Crippen LogP contribution in [0.1, 0.15) is 28.4 Å². The Morgan fingerprint density at radius 1 is 1.07 bits per heavy atom. The lowest BCUT2D eigenvalue weighted by atomic mass is 10.0. The van der Waals surface area contributed by atoms with E-state index in [0.29, 0.717) is 17.7 Å². The summed E-state index contributed by atoms with van der Waals surface area (Å²) in [7, 11) is 4.36. The van der Waals surface area contributed by atoms with Crippen molar-refractivity contribution in [1.82, 2.24) is 19.4 Å². The lowest BCUT2D eigenvalue weighted by Gasteiger charge is -2.21. The van der Waals surface area contributed by atoms with Crippen molar-refractivity contribution in [2.75, 3.05) is 34.4 Å². The van der Waals surface area contributed by atoms with Gasteiger partial charge in [-0.05, 0) is 36.8 Å². The predicted octanol–water partition coefficient (Wildman–Crippen LogP) is 4.45. The van der Waals surface area contributed by atoms with Gasteiger partial charge in [-0.25, -0.2) is 4.39 Å². The first-order valence-corrected chi connectivity index (χ1v) is 13.0. The Labute approximate surface area is 239 Å². The monoisotopic (exact) mass is 580 g/mol. The first-order valence-electron chi connectivity index (χ1n) is 12.6. The Bertz CT molecular complexity index is 1670. The van der Waals surface area contributed by atoms with E-state index < -0.39 is 34.6 Å². The number of carbonyl (C=O) groups excluding carboxylic acids is 1. The molecule has 1 N–H and O–H groups in total. The fourth-order valence-electron chi connectivity index (χ4n) is 4.96. The number of aromatic hydroxyl groups is 1. The van der Waals surface area contributed by atoms with Gasteiger partial charge >= 0.3 is 0 Å². The van der Waals surface area contributed by atoms with Crippen molar-refractivity contribution in [3.63, 3.8) is 0 Å². The van der Waals surface area contributed by atoms with Crippen LogP contribution in [0.5, 0.6) is 23.1 Å². The quantitative estimate of drug-likeness (QED) is 0.341. The molecule has 1 atom stereocenters. The van der Waals surface area contributed by atoms with E-state index >= 15 is 0 Å². The molecule has 41 heavy (non-hydrogen) atoms. The molecular formula is C29H26ClFN4O6. The van der Waals surface area contributed by atoms with Gasteiger partial charge in [0.15, 0.2) is 11.4 Å². The number of para-hydroxylation sites is 1. The molecule has 0 spiro atoms. The maximum absolute atomic E-state index is 14.5. The van der Waals surface area contributed by atoms with E-state index in [1.165, 1.54) is 43.1 Å². The van der Waals surface area contributed by atoms with Crippen molar-refractivity contribution in [2.45, 2.75) is 12.3 Å². The Morgan fingerprint density at radius 2 is 1.78 bits per heavy atom. The second-order valence-electron chi connectivity index (χ2n) is 9.28. The lowest BCUT2D eigenvalue weighted by molar-refractivity contribution is 0.0784. The van der Waals surface area contributed by atoms with Gasteiger partial charge in [0.05, 0.1) is 32.0 Å². The first kappa shape index (κ1) is 27.9. The molecule has 0 saturated carbocycles. The minimum atomic E-state index is -0.845. The third kappa shape index (κ3) is 5.16. The minimum absolute atomic E-state index is 0.0254. The normalized spacial score (nSPS) is 14.7. The van der Waals surface area contributed by atoms with Gasteiger partial charge in [-0.3, -0.25) is 19.1 Å². The first-order chi connectivity index (χ1) is 19.8. The van der Waals surface area contributed by atoms with Crippen molar-refractivity contribution in [3.05, 3.63) is 87.2 Å². The van der Waals surface area contributed by atoms with Gasteiger partial charge in [-0.2, -0.15) is 4.98 Å². The highest BCUT2D eigenvalue weighted by atomic mass is 35.5. The number of hydrogen-bond acceptors (Lipinski definition) is 8. The third-order valence-electron chi connectivity index (χ3n) is 6.93. The van der Waals surface area contributed by atoms with Gasteiger partial charge in [0.2, 0.25) is 5.88 Å². The van der Waals surface area contributed by atoms with Crippen LogP contribution in [0.2, 0.25) is 5.02 Å². The van der Waals surface area contributed by atoms with Gasteiger partial charge in [0.1, 0.15) is 28.8 Å². The molecule has 1 aliphatic heterocycles. The van der Waals surface area contributed by atoms with Crippen LogP contribution >= 0.6 is 11.6 Å². The van der Waals surface area contributed by atoms with Crippen LogP contribution in [-0.2, 0) is 0 Å². The fraction of sp³-hybridized carbons (Fsp3) is 0.241. The molecule has 0 aliphatic carbocycles. The summed E-state index contributed by atoms with van der Waals surface area (Å²) in [6.45, 7) is 0.292. The summed E-state index contributed by atoms with van der Waals surface area (Å²) in [5.41, 5.74) is -0.600. The molecule has 0 bridgehead atoms. The van der Waals surface area contributed by atoms with Crippen molar-refractivity contribution in [3.8, 4) is 40.2 Å². The Kier molecular flexibility index (Phi) is 7.80. The van der Waals surface area contributed by atoms with E-state index in [2.05, 4.69) is 9.97 Å². The smallest absolute Gasteiger partial charge is 0.275 e. The second-order valence-corrected chi connectivity index (χ2v) is 9.71. The maximum atomic E-state index is 14.5. The molecule has 1 fully saturated rings. The highest BCUT2D eigenvalue weighted by molar-refractivity contribution is 6.30. The van der Waals surface area contributed by atoms with Crippen LogP contribution in [0.15, 0.2) is 59.5 Å². The Hall–Kier alpha value is -4.64. The number of aromatic nitrogens is 3. The molecule has 5 rings (SSSR count). The molecule has 1 amide bonds. The summed E-state index contributed by atoms with van der Waals surface area (Å²) in [6.07, 6.45) is 1.75. The Morgan fingerprint density at radius 3 is 2.44 bits per heavy atom. The van der Waals surface area contributed by atoms with Crippen LogP contribution in [-0.4, -0.2) is 64.9 Å². The topological polar surface area (TPSA) is 116 Å². The van der Waals surface area contributed by atoms with Gasteiger partial charge in [0, 0.05) is 30.8 Å². The number of likely N-dealkylation sites (tertiary alicyclic amines) is 1. The van der Waals surface area contributed by atoms with Gasteiger partial charge in [-0.15, -0.1) is 0 Å². The molecule has 12 heteroatoms. The zero-order valence-corrected chi connectivity index (χ0v) is 23.2. The van der Waals surface area contributed by atoms with Crippen molar-refractivity contribution < 1.29 is 28.5 Å². The van der Waals surface area contributed by atoms with E-state index in [9.17, 15) is 19.1 Å². The number of halogens is 2. The molecule has 1 aliphatic rings. The molecule has 1 saturated heterocycles. The molecule has 10 nitrogen and oxygen atoms in total. The number of hydrogen-bond donors (Lipinski definition) is 1. The molecule has 2 aromatic heterocycles. The summed E-state index contributed by atoms with van der Waals surface area (Å²) in [6, 6.07) is 12.9. The molecule has 212 valence electrons. The summed E-state index contributed by atoms with van der Waals surface area (Å²) in [4.78, 5) is 37.7. The number of carbonyl (C=O) groups is 1. The van der Waals surface area contributed by atoms with E-state index in [-0.39, 0.29) is 46.8 Å². The predicted molar refractivity (Wildman–Crippen MR) is 149 cm³/mol. The molecule has 2 aromatic carbocycles. The number of ether oxygens (including phenoxy) is 3. The highest BCUT2D eigenvalue weighted by Crippen LogP contribution is 2.36. The highest BCUT2D eigenvalue weighted by Gasteiger charge is 2.35. The second kappa shape index (κ2) is 11.5. The SMILES string of the molecule is COc1cccc(-c2nc(O)c(C(=O)N3CCC(c4ncc(Cl)cc4F)C3)c(=O)n2-c2c(OC)cccc2OC)c1. The lowest BCUT2D eigenvalue weighted by Crippen LogP contribution is -2.36. The molecule has 4 aromatic rings. The van der Waals surface area contributed by atoms with Crippen molar-refractivity contribution in [2.24, 2.45) is 0 Å². The van der Waals surface area contributed by atoms with E-state index in [4.69, 9.17) is 25.8 Å². The maximum Gasteiger partial charge on any atom is 0.275 e. The number of pyridine rings is 1. The summed E-state index contributed by atoms with van der Waals surface area (Å²) in [5, 5.41) is 11.2. The number of rotatable bonds is 7. The number of benzene rings is 2. The summed E-state index contributed by atoms with van der Waals surface area (Å²) >= 11 is 5.84. The Balaban J connectivity index is 1.66. The molecule has 3 heterocycles. The summed E-state index contributed by atoms with van der Waals surface area (Å²) in [5.74, 6) is -1.44. The fourth-order valence-corrected chi connectivity index (χ4v) is 5.11. The van der Waals surface area contributed by atoms with E-state index in [0.717, 1.165) is 0 Å². The largest absolute Gasteiger partial charge is 0.497 e. The summed E-state index contributed by atoms with van der Waals surface area (Å²) < 4.78 is 32.1. The number of amides is 1. The van der Waals surface area contributed by atoms with E-state index in [1.807, 2.05) is 0 Å². The average molecular weight is 581 g/mol. The van der Waals surface area contributed by atoms with Crippen LogP contribution in [0.25, 0.3) is 17.1 Å². The number of methoxy groups -OCH3 is 3. The molecule has 0 radical (unpaired) electrons. The molecular weight excluding hydrogens is 555 g/mol. The number of nitrogens with zero attached hydrogens (tertiary/aromatic N) is 4. The van der Waals surface area contributed by atoms with Crippen LogP contribution in [0, 0.1) is 5.82 Å². The van der Waals surface area contributed by atoms with Gasteiger partial charge < -0.3 is 24.2 Å². The van der Waals surface area contributed by atoms with Gasteiger partial charge in [-0.1, -0.05) is 29.8 Å². The third-order valence-corrected chi connectivity index (χ3v) is 7.14.